The molecule has 0 bridgehead atoms. The van der Waals surface area contributed by atoms with Gasteiger partial charge in [-0.25, -0.2) is 9.37 Å². The van der Waals surface area contributed by atoms with E-state index < -0.39 is 17.8 Å². The van der Waals surface area contributed by atoms with Crippen molar-refractivity contribution in [1.29, 1.82) is 0 Å². The number of fused-ring (bicyclic) bond motifs is 1. The van der Waals surface area contributed by atoms with Crippen LogP contribution in [0.25, 0.3) is 5.69 Å². The third-order valence-corrected chi connectivity index (χ3v) is 3.62. The third-order valence-electron chi connectivity index (χ3n) is 3.62. The van der Waals surface area contributed by atoms with E-state index in [-0.39, 0.29) is 11.3 Å². The van der Waals surface area contributed by atoms with Gasteiger partial charge in [0.1, 0.15) is 5.82 Å². The summed E-state index contributed by atoms with van der Waals surface area (Å²) in [7, 11) is 0. The number of aromatic nitrogens is 2. The van der Waals surface area contributed by atoms with Crippen molar-refractivity contribution in [3.8, 4) is 5.69 Å². The van der Waals surface area contributed by atoms with E-state index in [4.69, 9.17) is 0 Å². The van der Waals surface area contributed by atoms with Crippen molar-refractivity contribution in [1.82, 2.24) is 14.9 Å². The minimum atomic E-state index is -4.59. The number of rotatable bonds is 1. The normalized spacial score (nSPS) is 15.1. The van der Waals surface area contributed by atoms with Crippen LogP contribution in [0.1, 0.15) is 22.8 Å². The molecule has 2 aromatic rings. The molecule has 0 atom stereocenters. The van der Waals surface area contributed by atoms with E-state index in [9.17, 15) is 17.6 Å². The summed E-state index contributed by atoms with van der Waals surface area (Å²) in [5.74, 6) is -1.53. The van der Waals surface area contributed by atoms with Crippen LogP contribution in [0.4, 0.5) is 17.6 Å². The lowest BCUT2D eigenvalue weighted by molar-refractivity contribution is -0.146. The van der Waals surface area contributed by atoms with Crippen molar-refractivity contribution < 1.29 is 17.6 Å². The summed E-state index contributed by atoms with van der Waals surface area (Å²) >= 11 is 0. The van der Waals surface area contributed by atoms with Gasteiger partial charge in [0.15, 0.2) is 0 Å². The molecule has 1 aromatic carbocycles. The molecule has 0 unspecified atom stereocenters. The first-order valence-electron chi connectivity index (χ1n) is 6.53. The molecule has 21 heavy (non-hydrogen) atoms. The van der Waals surface area contributed by atoms with Crippen molar-refractivity contribution in [3.63, 3.8) is 0 Å². The van der Waals surface area contributed by atoms with Gasteiger partial charge < -0.3 is 5.32 Å². The molecule has 112 valence electrons. The van der Waals surface area contributed by atoms with Crippen molar-refractivity contribution in [2.45, 2.75) is 26.1 Å². The second-order valence-corrected chi connectivity index (χ2v) is 4.97. The molecule has 3 nitrogen and oxygen atoms in total. The number of nitrogens with one attached hydrogen (secondary N) is 1. The molecule has 0 radical (unpaired) electrons. The number of halogens is 4. The van der Waals surface area contributed by atoms with E-state index in [1.165, 1.54) is 25.1 Å². The zero-order valence-corrected chi connectivity index (χ0v) is 11.3. The quantitative estimate of drug-likeness (QED) is 0.820. The fraction of sp³-hybridized carbons (Fsp3) is 0.357. The van der Waals surface area contributed by atoms with Gasteiger partial charge in [-0.15, -0.1) is 0 Å². The van der Waals surface area contributed by atoms with E-state index in [2.05, 4.69) is 10.3 Å². The Balaban J connectivity index is 2.30. The van der Waals surface area contributed by atoms with Gasteiger partial charge >= 0.3 is 6.18 Å². The standard InChI is InChI=1S/C14H13F4N3/c1-8-9(15)3-2-4-11(8)21-12-5-6-19-7-10(12)20-13(21)14(16,17)18/h2-4,19H,5-7H2,1H3. The highest BCUT2D eigenvalue weighted by atomic mass is 19.4. The highest BCUT2D eigenvalue weighted by molar-refractivity contribution is 5.45. The van der Waals surface area contributed by atoms with Crippen molar-refractivity contribution >= 4 is 0 Å². The van der Waals surface area contributed by atoms with E-state index in [1.807, 2.05) is 0 Å². The average Bonchev–Trinajstić information content (AvgIpc) is 2.81. The summed E-state index contributed by atoms with van der Waals surface area (Å²) in [5, 5.41) is 2.99. The molecule has 1 aliphatic heterocycles. The van der Waals surface area contributed by atoms with Gasteiger partial charge in [0.2, 0.25) is 5.82 Å². The molecule has 7 heteroatoms. The molecule has 1 aliphatic rings. The SMILES string of the molecule is Cc1c(F)cccc1-n1c(C(F)(F)F)nc2c1CCNC2. The Hall–Kier alpha value is -1.89. The van der Waals surface area contributed by atoms with Crippen LogP contribution < -0.4 is 5.32 Å². The molecule has 0 saturated carbocycles. The second kappa shape index (κ2) is 4.84. The van der Waals surface area contributed by atoms with E-state index in [1.54, 1.807) is 0 Å². The Morgan fingerprint density at radius 3 is 2.76 bits per heavy atom. The van der Waals surface area contributed by atoms with Crippen molar-refractivity contribution in [3.05, 3.63) is 46.8 Å². The summed E-state index contributed by atoms with van der Waals surface area (Å²) in [4.78, 5) is 3.72. The number of benzene rings is 1. The van der Waals surface area contributed by atoms with Gasteiger partial charge in [0.25, 0.3) is 0 Å². The Kier molecular flexibility index (Phi) is 3.24. The smallest absolute Gasteiger partial charge is 0.311 e. The summed E-state index contributed by atoms with van der Waals surface area (Å²) in [5.41, 5.74) is 1.24. The summed E-state index contributed by atoms with van der Waals surface area (Å²) in [6.45, 7) is 2.34. The molecule has 0 saturated heterocycles. The fourth-order valence-corrected chi connectivity index (χ4v) is 2.60. The van der Waals surface area contributed by atoms with Crippen LogP contribution in [0, 0.1) is 12.7 Å². The van der Waals surface area contributed by atoms with E-state index >= 15 is 0 Å². The molecular formula is C14H13F4N3. The van der Waals surface area contributed by atoms with Crippen LogP contribution in [-0.4, -0.2) is 16.1 Å². The summed E-state index contributed by atoms with van der Waals surface area (Å²) in [6.07, 6.45) is -4.16. The molecule has 0 fully saturated rings. The van der Waals surface area contributed by atoms with Gasteiger partial charge in [-0.2, -0.15) is 13.2 Å². The Morgan fingerprint density at radius 2 is 2.05 bits per heavy atom. The van der Waals surface area contributed by atoms with Crippen LogP contribution in [-0.2, 0) is 19.1 Å². The first kappa shape index (κ1) is 14.1. The Labute approximate surface area is 118 Å². The first-order valence-corrected chi connectivity index (χ1v) is 6.53. The first-order chi connectivity index (χ1) is 9.89. The molecule has 0 amide bonds. The second-order valence-electron chi connectivity index (χ2n) is 4.97. The van der Waals surface area contributed by atoms with E-state index in [0.29, 0.717) is 30.9 Å². The maximum atomic E-state index is 13.7. The number of hydrogen-bond donors (Lipinski definition) is 1. The number of alkyl halides is 3. The van der Waals surface area contributed by atoms with Crippen LogP contribution in [0.5, 0.6) is 0 Å². The summed E-state index contributed by atoms with van der Waals surface area (Å²) in [6, 6.07) is 4.12. The lowest BCUT2D eigenvalue weighted by atomic mass is 10.1. The lowest BCUT2D eigenvalue weighted by Crippen LogP contribution is -2.25. The van der Waals surface area contributed by atoms with Gasteiger partial charge in [-0.1, -0.05) is 6.07 Å². The largest absolute Gasteiger partial charge is 0.450 e. The fourth-order valence-electron chi connectivity index (χ4n) is 2.60. The van der Waals surface area contributed by atoms with Gasteiger partial charge in [0.05, 0.1) is 11.4 Å². The molecule has 2 heterocycles. The molecular weight excluding hydrogens is 286 g/mol. The minimum Gasteiger partial charge on any atom is -0.311 e. The number of imidazole rings is 1. The molecule has 3 rings (SSSR count). The Bertz CT molecular complexity index is 688. The van der Waals surface area contributed by atoms with Crippen LogP contribution >= 0.6 is 0 Å². The third kappa shape index (κ3) is 2.31. The minimum absolute atomic E-state index is 0.182. The van der Waals surface area contributed by atoms with Gasteiger partial charge in [0, 0.05) is 30.8 Å². The zero-order chi connectivity index (χ0) is 15.2. The molecule has 0 spiro atoms. The monoisotopic (exact) mass is 299 g/mol. The summed E-state index contributed by atoms with van der Waals surface area (Å²) < 4.78 is 54.5. The Morgan fingerprint density at radius 1 is 1.29 bits per heavy atom. The van der Waals surface area contributed by atoms with Gasteiger partial charge in [-0.3, -0.25) is 4.57 Å². The highest BCUT2D eigenvalue weighted by Gasteiger charge is 2.40. The maximum absolute atomic E-state index is 13.7. The van der Waals surface area contributed by atoms with Crippen LogP contribution in [0.15, 0.2) is 18.2 Å². The number of nitrogens with zero attached hydrogens (tertiary/aromatic N) is 2. The lowest BCUT2D eigenvalue weighted by Gasteiger charge is -2.18. The van der Waals surface area contributed by atoms with E-state index in [0.717, 1.165) is 4.57 Å². The van der Waals surface area contributed by atoms with Crippen molar-refractivity contribution in [2.24, 2.45) is 0 Å². The predicted molar refractivity (Wildman–Crippen MR) is 68.7 cm³/mol. The average molecular weight is 299 g/mol. The predicted octanol–water partition coefficient (Wildman–Crippen LogP) is 2.98. The van der Waals surface area contributed by atoms with Gasteiger partial charge in [-0.05, 0) is 19.1 Å². The molecule has 1 N–H and O–H groups in total. The molecule has 0 aliphatic carbocycles. The van der Waals surface area contributed by atoms with Crippen LogP contribution in [0.3, 0.4) is 0 Å². The topological polar surface area (TPSA) is 29.9 Å². The molecule has 1 aromatic heterocycles. The van der Waals surface area contributed by atoms with Crippen molar-refractivity contribution in [2.75, 3.05) is 6.54 Å². The number of hydrogen-bond acceptors (Lipinski definition) is 2. The van der Waals surface area contributed by atoms with Crippen LogP contribution in [0.2, 0.25) is 0 Å². The maximum Gasteiger partial charge on any atom is 0.450 e. The zero-order valence-electron chi connectivity index (χ0n) is 11.3. The highest BCUT2D eigenvalue weighted by Crippen LogP contribution is 2.34.